The number of fused-ring (bicyclic) bond motifs is 1. The fourth-order valence-electron chi connectivity index (χ4n) is 3.26. The van der Waals surface area contributed by atoms with Gasteiger partial charge in [-0.2, -0.15) is 0 Å². The van der Waals surface area contributed by atoms with Crippen LogP contribution in [0.15, 0.2) is 66.7 Å². The Kier molecular flexibility index (Phi) is 4.51. The average molecular weight is 334 g/mol. The largest absolute Gasteiger partial charge is 0.338 e. The molecule has 0 radical (unpaired) electrons. The van der Waals surface area contributed by atoms with Gasteiger partial charge in [0, 0.05) is 22.8 Å². The van der Waals surface area contributed by atoms with Crippen molar-refractivity contribution < 1.29 is 0 Å². The Morgan fingerprint density at radius 3 is 2.00 bits per heavy atom. The third kappa shape index (κ3) is 3.25. The van der Waals surface area contributed by atoms with E-state index < -0.39 is 8.07 Å². The summed E-state index contributed by atoms with van der Waals surface area (Å²) in [6, 6.07) is 24.8. The predicted molar refractivity (Wildman–Crippen MR) is 111 cm³/mol. The van der Waals surface area contributed by atoms with E-state index in [0.717, 1.165) is 0 Å². The Hall–Kier alpha value is -2.06. The molecule has 0 N–H and O–H groups in total. The van der Waals surface area contributed by atoms with Crippen molar-refractivity contribution in [3.8, 4) is 0 Å². The van der Waals surface area contributed by atoms with Crippen molar-refractivity contribution in [2.45, 2.75) is 39.5 Å². The lowest BCUT2D eigenvalue weighted by Crippen LogP contribution is -2.37. The molecule has 3 aromatic rings. The number of hydrogen-bond acceptors (Lipinski definition) is 1. The van der Waals surface area contributed by atoms with Gasteiger partial charge in [0.25, 0.3) is 0 Å². The molecule has 3 aromatic carbocycles. The number of nitrogens with zero attached hydrogens (tertiary/aromatic N) is 1. The number of rotatable bonds is 4. The molecule has 0 aromatic heterocycles. The second-order valence-electron chi connectivity index (χ2n) is 7.76. The van der Waals surface area contributed by atoms with Crippen LogP contribution in [0.3, 0.4) is 0 Å². The number of hydrogen-bond donors (Lipinski definition) is 0. The van der Waals surface area contributed by atoms with Crippen molar-refractivity contribution in [3.63, 3.8) is 0 Å². The van der Waals surface area contributed by atoms with Crippen molar-refractivity contribution in [2.24, 2.45) is 0 Å². The fraction of sp³-hybridized carbons (Fsp3) is 0.273. The molecule has 124 valence electrons. The third-order valence-electron chi connectivity index (χ3n) is 4.55. The van der Waals surface area contributed by atoms with Gasteiger partial charge in [-0.3, -0.25) is 0 Å². The minimum atomic E-state index is -1.26. The lowest BCUT2D eigenvalue weighted by molar-refractivity contribution is 0.791. The molecule has 3 rings (SSSR count). The predicted octanol–water partition coefficient (Wildman–Crippen LogP) is 5.93. The van der Waals surface area contributed by atoms with Gasteiger partial charge in [-0.05, 0) is 37.4 Å². The van der Waals surface area contributed by atoms with Crippen LogP contribution in [-0.2, 0) is 0 Å². The molecule has 0 bridgehead atoms. The first-order chi connectivity index (χ1) is 11.4. The molecule has 0 aliphatic rings. The van der Waals surface area contributed by atoms with Crippen molar-refractivity contribution in [2.75, 3.05) is 4.90 Å². The SMILES string of the molecule is CC(C)N(c1ccc([Si](C)(C)C)cc1)c1cccc2ccccc12. The molecule has 0 saturated carbocycles. The molecule has 0 amide bonds. The molecule has 0 aliphatic heterocycles. The van der Waals surface area contributed by atoms with Gasteiger partial charge in [0.05, 0.1) is 8.07 Å². The molecule has 1 nitrogen and oxygen atoms in total. The van der Waals surface area contributed by atoms with E-state index in [4.69, 9.17) is 0 Å². The zero-order chi connectivity index (χ0) is 17.3. The van der Waals surface area contributed by atoms with E-state index in [1.165, 1.54) is 27.3 Å². The van der Waals surface area contributed by atoms with E-state index >= 15 is 0 Å². The van der Waals surface area contributed by atoms with Crippen LogP contribution in [0.25, 0.3) is 10.8 Å². The van der Waals surface area contributed by atoms with Gasteiger partial charge in [0.1, 0.15) is 0 Å². The van der Waals surface area contributed by atoms with E-state index in [2.05, 4.69) is 105 Å². The van der Waals surface area contributed by atoms with Crippen molar-refractivity contribution in [1.29, 1.82) is 0 Å². The smallest absolute Gasteiger partial charge is 0.0775 e. The Bertz CT molecular complexity index is 823. The summed E-state index contributed by atoms with van der Waals surface area (Å²) in [6.45, 7) is 11.7. The summed E-state index contributed by atoms with van der Waals surface area (Å²) in [6.07, 6.45) is 0. The van der Waals surface area contributed by atoms with E-state index in [-0.39, 0.29) is 0 Å². The lowest BCUT2D eigenvalue weighted by Gasteiger charge is -2.31. The standard InChI is InChI=1S/C22H27NSi/c1-17(2)23(19-13-15-20(16-14-19)24(3,4)5)22-12-8-10-18-9-6-7-11-21(18)22/h6-17H,1-5H3. The Morgan fingerprint density at radius 2 is 1.38 bits per heavy atom. The maximum absolute atomic E-state index is 2.44. The first-order valence-electron chi connectivity index (χ1n) is 8.75. The lowest BCUT2D eigenvalue weighted by atomic mass is 10.1. The first-order valence-corrected chi connectivity index (χ1v) is 12.3. The molecular weight excluding hydrogens is 306 g/mol. The maximum Gasteiger partial charge on any atom is 0.0775 e. The van der Waals surface area contributed by atoms with E-state index in [0.29, 0.717) is 6.04 Å². The van der Waals surface area contributed by atoms with E-state index in [9.17, 15) is 0 Å². The number of benzene rings is 3. The van der Waals surface area contributed by atoms with Crippen LogP contribution in [0.5, 0.6) is 0 Å². The summed E-state index contributed by atoms with van der Waals surface area (Å²) in [5, 5.41) is 4.11. The summed E-state index contributed by atoms with van der Waals surface area (Å²) < 4.78 is 0. The van der Waals surface area contributed by atoms with Crippen molar-refractivity contribution in [1.82, 2.24) is 0 Å². The van der Waals surface area contributed by atoms with Gasteiger partial charge in [-0.25, -0.2) is 0 Å². The van der Waals surface area contributed by atoms with Crippen LogP contribution in [0.4, 0.5) is 11.4 Å². The summed E-state index contributed by atoms with van der Waals surface area (Å²) in [5.74, 6) is 0. The summed E-state index contributed by atoms with van der Waals surface area (Å²) in [5.41, 5.74) is 2.55. The molecule has 0 saturated heterocycles. The summed E-state index contributed by atoms with van der Waals surface area (Å²) in [7, 11) is -1.26. The molecule has 0 unspecified atom stereocenters. The molecular formula is C22H27NSi. The summed E-state index contributed by atoms with van der Waals surface area (Å²) in [4.78, 5) is 2.44. The Balaban J connectivity index is 2.10. The minimum Gasteiger partial charge on any atom is -0.338 e. The van der Waals surface area contributed by atoms with Gasteiger partial charge in [0.15, 0.2) is 0 Å². The Morgan fingerprint density at radius 1 is 0.750 bits per heavy atom. The van der Waals surface area contributed by atoms with Crippen LogP contribution >= 0.6 is 0 Å². The maximum atomic E-state index is 2.44. The average Bonchev–Trinajstić information content (AvgIpc) is 2.55. The van der Waals surface area contributed by atoms with Gasteiger partial charge >= 0.3 is 0 Å². The molecule has 0 heterocycles. The highest BCUT2D eigenvalue weighted by atomic mass is 28.3. The first kappa shape index (κ1) is 16.8. The molecule has 0 aliphatic carbocycles. The fourth-order valence-corrected chi connectivity index (χ4v) is 4.42. The van der Waals surface area contributed by atoms with E-state index in [1.807, 2.05) is 0 Å². The molecule has 24 heavy (non-hydrogen) atoms. The zero-order valence-electron chi connectivity index (χ0n) is 15.4. The van der Waals surface area contributed by atoms with Gasteiger partial charge < -0.3 is 4.90 Å². The molecule has 0 fully saturated rings. The number of anilines is 2. The quantitative estimate of drug-likeness (QED) is 0.535. The minimum absolute atomic E-state index is 0.397. The topological polar surface area (TPSA) is 3.24 Å². The molecule has 0 spiro atoms. The van der Waals surface area contributed by atoms with Crippen LogP contribution < -0.4 is 10.1 Å². The van der Waals surface area contributed by atoms with Crippen molar-refractivity contribution in [3.05, 3.63) is 66.7 Å². The molecule has 0 atom stereocenters. The van der Waals surface area contributed by atoms with Gasteiger partial charge in [-0.15, -0.1) is 0 Å². The van der Waals surface area contributed by atoms with E-state index in [1.54, 1.807) is 0 Å². The second kappa shape index (κ2) is 6.44. The van der Waals surface area contributed by atoms with Crippen LogP contribution in [0.1, 0.15) is 13.8 Å². The third-order valence-corrected chi connectivity index (χ3v) is 6.62. The van der Waals surface area contributed by atoms with Crippen LogP contribution in [0, 0.1) is 0 Å². The summed E-state index contributed by atoms with van der Waals surface area (Å²) >= 11 is 0. The van der Waals surface area contributed by atoms with Crippen molar-refractivity contribution >= 4 is 35.4 Å². The highest BCUT2D eigenvalue weighted by Gasteiger charge is 2.19. The van der Waals surface area contributed by atoms with Crippen LogP contribution in [-0.4, -0.2) is 14.1 Å². The Labute approximate surface area is 147 Å². The second-order valence-corrected chi connectivity index (χ2v) is 12.8. The highest BCUT2D eigenvalue weighted by Crippen LogP contribution is 2.33. The monoisotopic (exact) mass is 333 g/mol. The van der Waals surface area contributed by atoms with Crippen LogP contribution in [0.2, 0.25) is 19.6 Å². The zero-order valence-corrected chi connectivity index (χ0v) is 16.4. The van der Waals surface area contributed by atoms with Gasteiger partial charge in [0.2, 0.25) is 0 Å². The normalized spacial score (nSPS) is 11.9. The highest BCUT2D eigenvalue weighted by molar-refractivity contribution is 6.88. The molecule has 2 heteroatoms. The van der Waals surface area contributed by atoms with Gasteiger partial charge in [-0.1, -0.05) is 73.4 Å².